The molecule has 0 radical (unpaired) electrons. The van der Waals surface area contributed by atoms with Crippen molar-refractivity contribution in [3.05, 3.63) is 27.7 Å². The Morgan fingerprint density at radius 3 is 2.53 bits per heavy atom. The van der Waals surface area contributed by atoms with Gasteiger partial charge in [0.1, 0.15) is 11.8 Å². The van der Waals surface area contributed by atoms with Gasteiger partial charge < -0.3 is 15.2 Å². The van der Waals surface area contributed by atoms with Crippen LogP contribution in [0.4, 0.5) is 0 Å². The molecule has 0 heterocycles. The minimum Gasteiger partial charge on any atom is -0.489 e. The third-order valence-electron chi connectivity index (χ3n) is 2.41. The first-order valence-electron chi connectivity index (χ1n) is 5.92. The highest BCUT2D eigenvalue weighted by Crippen LogP contribution is 2.33. The van der Waals surface area contributed by atoms with Crippen LogP contribution in [-0.2, 0) is 11.3 Å². The number of halogens is 2. The molecule has 2 N–H and O–H groups in total. The number of carbonyl (C=O) groups is 1. The van der Waals surface area contributed by atoms with Gasteiger partial charge in [-0.3, -0.25) is 4.79 Å². The van der Waals surface area contributed by atoms with Gasteiger partial charge in [-0.1, -0.05) is 23.2 Å². The van der Waals surface area contributed by atoms with Crippen LogP contribution in [0.15, 0.2) is 12.1 Å². The van der Waals surface area contributed by atoms with Crippen LogP contribution in [0.1, 0.15) is 26.3 Å². The van der Waals surface area contributed by atoms with Crippen LogP contribution in [0.2, 0.25) is 10.0 Å². The zero-order chi connectivity index (χ0) is 14.6. The van der Waals surface area contributed by atoms with E-state index in [1.165, 1.54) is 0 Å². The van der Waals surface area contributed by atoms with Crippen molar-refractivity contribution in [3.8, 4) is 5.75 Å². The summed E-state index contributed by atoms with van der Waals surface area (Å²) in [5, 5.41) is 12.6. The first kappa shape index (κ1) is 16.1. The first-order valence-corrected chi connectivity index (χ1v) is 6.67. The lowest BCUT2D eigenvalue weighted by molar-refractivity contribution is -0.139. The Morgan fingerprint density at radius 2 is 2.00 bits per heavy atom. The summed E-state index contributed by atoms with van der Waals surface area (Å²) < 4.78 is 5.65. The zero-order valence-corrected chi connectivity index (χ0v) is 12.5. The average molecular weight is 306 g/mol. The molecule has 0 bridgehead atoms. The predicted molar refractivity (Wildman–Crippen MR) is 76.2 cm³/mol. The van der Waals surface area contributed by atoms with Crippen LogP contribution < -0.4 is 10.1 Å². The molecule has 0 amide bonds. The fourth-order valence-electron chi connectivity index (χ4n) is 1.46. The summed E-state index contributed by atoms with van der Waals surface area (Å²) in [5.74, 6) is -0.384. The summed E-state index contributed by atoms with van der Waals surface area (Å²) in [5.41, 5.74) is 0.735. The minimum absolute atomic E-state index is 0.0330. The molecule has 1 atom stereocenters. The molecule has 0 saturated heterocycles. The lowest BCUT2D eigenvalue weighted by atomic mass is 10.2. The van der Waals surface area contributed by atoms with Crippen LogP contribution >= 0.6 is 23.2 Å². The fourth-order valence-corrected chi connectivity index (χ4v) is 2.04. The number of benzene rings is 1. The average Bonchev–Trinajstić information content (AvgIpc) is 2.29. The van der Waals surface area contributed by atoms with Crippen molar-refractivity contribution in [2.24, 2.45) is 0 Å². The highest BCUT2D eigenvalue weighted by molar-refractivity contribution is 6.35. The molecule has 4 nitrogen and oxygen atoms in total. The molecule has 0 aliphatic carbocycles. The number of hydrogen-bond acceptors (Lipinski definition) is 3. The summed E-state index contributed by atoms with van der Waals surface area (Å²) in [4.78, 5) is 10.8. The van der Waals surface area contributed by atoms with E-state index in [2.05, 4.69) is 5.32 Å². The Kier molecular flexibility index (Phi) is 5.91. The van der Waals surface area contributed by atoms with Crippen LogP contribution in [-0.4, -0.2) is 23.2 Å². The molecule has 0 aliphatic heterocycles. The third kappa shape index (κ3) is 4.90. The van der Waals surface area contributed by atoms with Gasteiger partial charge in [-0.15, -0.1) is 0 Å². The molecule has 0 aromatic heterocycles. The van der Waals surface area contributed by atoms with Crippen LogP contribution in [0.3, 0.4) is 0 Å². The molecule has 0 saturated carbocycles. The van der Waals surface area contributed by atoms with Crippen molar-refractivity contribution < 1.29 is 14.6 Å². The van der Waals surface area contributed by atoms with Crippen molar-refractivity contribution >= 4 is 29.2 Å². The molecule has 1 aromatic carbocycles. The SMILES string of the molecule is CC(C)Oc1c(Cl)cc(Cl)cc1CNC(C)C(=O)O. The summed E-state index contributed by atoms with van der Waals surface area (Å²) in [7, 11) is 0. The molecule has 19 heavy (non-hydrogen) atoms. The van der Waals surface area contributed by atoms with Gasteiger partial charge in [0.15, 0.2) is 0 Å². The van der Waals surface area contributed by atoms with Crippen molar-refractivity contribution in [3.63, 3.8) is 0 Å². The molecular weight excluding hydrogens is 289 g/mol. The van der Waals surface area contributed by atoms with E-state index in [0.29, 0.717) is 22.3 Å². The molecule has 106 valence electrons. The highest BCUT2D eigenvalue weighted by Gasteiger charge is 2.15. The second-order valence-corrected chi connectivity index (χ2v) is 5.33. The minimum atomic E-state index is -0.917. The number of aliphatic carboxylic acids is 1. The van der Waals surface area contributed by atoms with E-state index >= 15 is 0 Å². The Morgan fingerprint density at radius 1 is 1.37 bits per heavy atom. The van der Waals surface area contributed by atoms with Gasteiger partial charge in [0, 0.05) is 17.1 Å². The van der Waals surface area contributed by atoms with Gasteiger partial charge in [0.2, 0.25) is 0 Å². The van der Waals surface area contributed by atoms with Crippen LogP contribution in [0.5, 0.6) is 5.75 Å². The van der Waals surface area contributed by atoms with Gasteiger partial charge >= 0.3 is 5.97 Å². The molecule has 1 aromatic rings. The standard InChI is InChI=1S/C13H17Cl2NO3/c1-7(2)19-12-9(4-10(14)5-11(12)15)6-16-8(3)13(17)18/h4-5,7-8,16H,6H2,1-3H3,(H,17,18). The maximum atomic E-state index is 10.8. The second kappa shape index (κ2) is 6.98. The Balaban J connectivity index is 2.94. The molecule has 0 spiro atoms. The van der Waals surface area contributed by atoms with Crippen LogP contribution in [0.25, 0.3) is 0 Å². The van der Waals surface area contributed by atoms with E-state index in [-0.39, 0.29) is 6.10 Å². The van der Waals surface area contributed by atoms with E-state index in [1.54, 1.807) is 19.1 Å². The maximum absolute atomic E-state index is 10.8. The molecule has 0 aliphatic rings. The largest absolute Gasteiger partial charge is 0.489 e. The zero-order valence-electron chi connectivity index (χ0n) is 11.0. The Bertz CT molecular complexity index is 463. The number of carboxylic acid groups (broad SMARTS) is 1. The first-order chi connectivity index (χ1) is 8.81. The van der Waals surface area contributed by atoms with Gasteiger partial charge in [0.05, 0.1) is 11.1 Å². The number of nitrogens with one attached hydrogen (secondary N) is 1. The molecule has 1 rings (SSSR count). The molecule has 0 fully saturated rings. The van der Waals surface area contributed by atoms with E-state index in [9.17, 15) is 4.79 Å². The van der Waals surface area contributed by atoms with Gasteiger partial charge in [-0.25, -0.2) is 0 Å². The lowest BCUT2D eigenvalue weighted by Gasteiger charge is -2.17. The van der Waals surface area contributed by atoms with E-state index in [0.717, 1.165) is 5.56 Å². The number of ether oxygens (including phenoxy) is 1. The van der Waals surface area contributed by atoms with Gasteiger partial charge in [-0.05, 0) is 32.9 Å². The van der Waals surface area contributed by atoms with E-state index < -0.39 is 12.0 Å². The van der Waals surface area contributed by atoms with Crippen LogP contribution in [0, 0.1) is 0 Å². The number of hydrogen-bond donors (Lipinski definition) is 2. The van der Waals surface area contributed by atoms with Gasteiger partial charge in [0.25, 0.3) is 0 Å². The Labute approximate surface area is 122 Å². The highest BCUT2D eigenvalue weighted by atomic mass is 35.5. The normalized spacial score (nSPS) is 12.5. The quantitative estimate of drug-likeness (QED) is 0.846. The Hall–Kier alpha value is -0.970. The second-order valence-electron chi connectivity index (χ2n) is 4.48. The smallest absolute Gasteiger partial charge is 0.320 e. The van der Waals surface area contributed by atoms with Crippen molar-refractivity contribution in [1.29, 1.82) is 0 Å². The van der Waals surface area contributed by atoms with E-state index in [1.807, 2.05) is 13.8 Å². The fraction of sp³-hybridized carbons (Fsp3) is 0.462. The molecule has 1 unspecified atom stereocenters. The number of carboxylic acids is 1. The lowest BCUT2D eigenvalue weighted by Crippen LogP contribution is -2.33. The summed E-state index contributed by atoms with van der Waals surface area (Å²) in [6, 6.07) is 2.65. The monoisotopic (exact) mass is 305 g/mol. The number of rotatable bonds is 6. The topological polar surface area (TPSA) is 58.6 Å². The summed E-state index contributed by atoms with van der Waals surface area (Å²) in [6.07, 6.45) is -0.0330. The third-order valence-corrected chi connectivity index (χ3v) is 2.91. The maximum Gasteiger partial charge on any atom is 0.320 e. The van der Waals surface area contributed by atoms with Crippen molar-refractivity contribution in [2.45, 2.75) is 39.5 Å². The molecular formula is C13H17Cl2NO3. The molecule has 6 heteroatoms. The summed E-state index contributed by atoms with van der Waals surface area (Å²) >= 11 is 12.1. The van der Waals surface area contributed by atoms with Crippen molar-refractivity contribution in [1.82, 2.24) is 5.32 Å². The van der Waals surface area contributed by atoms with Gasteiger partial charge in [-0.2, -0.15) is 0 Å². The van der Waals surface area contributed by atoms with Crippen molar-refractivity contribution in [2.75, 3.05) is 0 Å². The predicted octanol–water partition coefficient (Wildman–Crippen LogP) is 3.34. The summed E-state index contributed by atoms with van der Waals surface area (Å²) in [6.45, 7) is 5.66. The van der Waals surface area contributed by atoms with E-state index in [4.69, 9.17) is 33.0 Å².